The van der Waals surface area contributed by atoms with Gasteiger partial charge in [0, 0.05) is 46.9 Å². The van der Waals surface area contributed by atoms with Gasteiger partial charge < -0.3 is 41.5 Å². The summed E-state index contributed by atoms with van der Waals surface area (Å²) in [6, 6.07) is 19.8. The van der Waals surface area contributed by atoms with Crippen molar-refractivity contribution < 1.29 is 29.4 Å². The number of nitrogens with zero attached hydrogens (tertiary/aromatic N) is 2. The number of benzene rings is 3. The number of carbonyl (C=O) groups is 2. The number of likely N-dealkylation sites (N-methyl/N-ethyl adjacent to an activating group) is 1. The van der Waals surface area contributed by atoms with Gasteiger partial charge in [0.1, 0.15) is 17.9 Å². The predicted molar refractivity (Wildman–Crippen MR) is 221 cm³/mol. The largest absolute Gasteiger partial charge is 0.496 e. The molecule has 9 atom stereocenters. The Balaban J connectivity index is 1.29. The number of nitrogens with one attached hydrogen (secondary N) is 4. The van der Waals surface area contributed by atoms with E-state index in [2.05, 4.69) is 36.7 Å². The Labute approximate surface area is 336 Å². The average Bonchev–Trinajstić information content (AvgIpc) is 3.53. The molecule has 2 amide bonds. The van der Waals surface area contributed by atoms with Crippen molar-refractivity contribution >= 4 is 23.5 Å². The van der Waals surface area contributed by atoms with Crippen LogP contribution < -0.4 is 26.4 Å². The van der Waals surface area contributed by atoms with Crippen molar-refractivity contribution in [1.29, 1.82) is 5.41 Å². The number of carbonyl (C=O) groups excluding carboxylic acids is 2. The molecule has 3 saturated carbocycles. The number of nitrogens with two attached hydrogens (primary N) is 1. The fourth-order valence-electron chi connectivity index (χ4n) is 9.74. The van der Waals surface area contributed by atoms with Gasteiger partial charge in [-0.25, -0.2) is 0 Å². The first-order chi connectivity index (χ1) is 27.1. The van der Waals surface area contributed by atoms with E-state index in [1.807, 2.05) is 67.5 Å². The number of fused-ring (bicyclic) bond motifs is 2. The minimum atomic E-state index is -0.932. The molecule has 4 aliphatic rings. The number of amides is 2. The quantitative estimate of drug-likeness (QED) is 0.0870. The monoisotopic (exact) mass is 783 g/mol. The molecule has 13 nitrogen and oxygen atoms in total. The molecule has 0 aromatic heterocycles. The van der Waals surface area contributed by atoms with E-state index in [0.717, 1.165) is 12.0 Å². The number of rotatable bonds is 15. The number of guanidine groups is 1. The highest BCUT2D eigenvalue weighted by atomic mass is 16.7. The highest BCUT2D eigenvalue weighted by Crippen LogP contribution is 2.61. The van der Waals surface area contributed by atoms with Crippen molar-refractivity contribution in [2.75, 3.05) is 39.7 Å². The molecule has 0 spiro atoms. The van der Waals surface area contributed by atoms with Crippen LogP contribution in [0.2, 0.25) is 0 Å². The van der Waals surface area contributed by atoms with Crippen molar-refractivity contribution in [2.24, 2.45) is 34.8 Å². The summed E-state index contributed by atoms with van der Waals surface area (Å²) < 4.78 is 6.06. The van der Waals surface area contributed by atoms with Gasteiger partial charge in [-0.05, 0) is 92.8 Å². The zero-order valence-corrected chi connectivity index (χ0v) is 34.3. The highest BCUT2D eigenvalue weighted by molar-refractivity contribution is 5.99. The van der Waals surface area contributed by atoms with Crippen LogP contribution in [-0.2, 0) is 22.6 Å². The van der Waals surface area contributed by atoms with E-state index in [9.17, 15) is 19.8 Å². The number of hydrogen-bond donors (Lipinski definition) is 7. The van der Waals surface area contributed by atoms with Crippen LogP contribution in [-0.4, -0.2) is 103 Å². The van der Waals surface area contributed by atoms with Gasteiger partial charge in [-0.15, -0.1) is 0 Å². The molecule has 1 aliphatic heterocycles. The molecule has 13 heteroatoms. The number of para-hydroxylation sites is 1. The topological polar surface area (TPSA) is 186 Å². The molecule has 3 aromatic carbocycles. The maximum absolute atomic E-state index is 14.3. The number of aliphatic hydroxyl groups is 2. The van der Waals surface area contributed by atoms with Crippen LogP contribution in [0.1, 0.15) is 62.0 Å². The maximum atomic E-state index is 14.3. The molecule has 3 aliphatic carbocycles. The lowest BCUT2D eigenvalue weighted by Crippen LogP contribution is -2.62. The molecule has 57 heavy (non-hydrogen) atoms. The van der Waals surface area contributed by atoms with Gasteiger partial charge in [-0.2, -0.15) is 5.06 Å². The van der Waals surface area contributed by atoms with E-state index in [1.165, 1.54) is 6.42 Å². The molecule has 4 fully saturated rings. The van der Waals surface area contributed by atoms with Gasteiger partial charge in [0.15, 0.2) is 5.96 Å². The third kappa shape index (κ3) is 9.13. The Morgan fingerprint density at radius 2 is 1.84 bits per heavy atom. The van der Waals surface area contributed by atoms with E-state index >= 15 is 0 Å². The van der Waals surface area contributed by atoms with Crippen molar-refractivity contribution in [1.82, 2.24) is 20.6 Å². The Morgan fingerprint density at radius 1 is 1.11 bits per heavy atom. The maximum Gasteiger partial charge on any atom is 0.251 e. The second kappa shape index (κ2) is 17.5. The number of hydroxylamine groups is 2. The summed E-state index contributed by atoms with van der Waals surface area (Å²) in [4.78, 5) is 36.6. The lowest BCUT2D eigenvalue weighted by atomic mass is 9.45. The number of ether oxygens (including phenoxy) is 1. The number of hydrogen-bond acceptors (Lipinski definition) is 9. The summed E-state index contributed by atoms with van der Waals surface area (Å²) in [6.45, 7) is 8.86. The lowest BCUT2D eigenvalue weighted by Gasteiger charge is -2.62. The molecular weight excluding hydrogens is 723 g/mol. The molecule has 3 aromatic rings. The van der Waals surface area contributed by atoms with E-state index in [0.29, 0.717) is 64.4 Å². The van der Waals surface area contributed by atoms with Crippen LogP contribution in [0.3, 0.4) is 0 Å². The van der Waals surface area contributed by atoms with Gasteiger partial charge in [0.05, 0.1) is 26.4 Å². The summed E-state index contributed by atoms with van der Waals surface area (Å²) in [6.07, 6.45) is 1.01. The first kappa shape index (κ1) is 42.1. The van der Waals surface area contributed by atoms with Crippen molar-refractivity contribution in [2.45, 2.75) is 83.8 Å². The Hall–Kier alpha value is -4.53. The second-order valence-corrected chi connectivity index (χ2v) is 17.2. The van der Waals surface area contributed by atoms with E-state index in [1.54, 1.807) is 37.3 Å². The molecule has 8 N–H and O–H groups in total. The Morgan fingerprint density at radius 3 is 2.46 bits per heavy atom. The minimum absolute atomic E-state index is 0.00981. The summed E-state index contributed by atoms with van der Waals surface area (Å²) in [7, 11) is 5.49. The average molecular weight is 784 g/mol. The molecule has 7 rings (SSSR count). The van der Waals surface area contributed by atoms with Gasteiger partial charge in [0.25, 0.3) is 5.91 Å². The second-order valence-electron chi connectivity index (χ2n) is 17.2. The van der Waals surface area contributed by atoms with Crippen LogP contribution in [0.4, 0.5) is 5.69 Å². The third-order valence-corrected chi connectivity index (χ3v) is 12.7. The highest BCUT2D eigenvalue weighted by Gasteiger charge is 2.57. The Kier molecular flexibility index (Phi) is 12.9. The summed E-state index contributed by atoms with van der Waals surface area (Å²) in [5.41, 5.74) is 9.94. The molecular formula is C44H61N7O6. The predicted octanol–water partition coefficient (Wildman–Crippen LogP) is 4.23. The molecule has 1 saturated heterocycles. The van der Waals surface area contributed by atoms with Crippen LogP contribution in [0.25, 0.3) is 11.1 Å². The number of anilines is 1. The van der Waals surface area contributed by atoms with Crippen molar-refractivity contribution in [3.05, 3.63) is 83.4 Å². The third-order valence-electron chi connectivity index (χ3n) is 12.7. The van der Waals surface area contributed by atoms with Gasteiger partial charge >= 0.3 is 0 Å². The normalized spacial score (nSPS) is 26.2. The molecule has 0 radical (unpaired) electrons. The zero-order chi connectivity index (χ0) is 41.2. The fourth-order valence-corrected chi connectivity index (χ4v) is 9.74. The number of methoxy groups -OCH3 is 1. The van der Waals surface area contributed by atoms with E-state index in [-0.39, 0.29) is 48.4 Å². The van der Waals surface area contributed by atoms with Crippen LogP contribution in [0.5, 0.6) is 5.75 Å². The number of aliphatic hydroxyl groups excluding tert-OH is 2. The molecule has 308 valence electrons. The lowest BCUT2D eigenvalue weighted by molar-refractivity contribution is -0.183. The SMILES string of the molecule is COc1c(CN2O[C@@H](CO)[C@@H]([C@H](C)O)[C@H]2C(=O)N[C@H]2C[C@H]3C[C@@H]([C@@H]2C)C3(C)C)cccc1-c1cc(NC(=N)N)cc(C(=O)N[C@@H](Cc2ccccc2)CN(C)C)c1. The molecule has 1 heterocycles. The first-order valence-corrected chi connectivity index (χ1v) is 20.1. The van der Waals surface area contributed by atoms with Crippen LogP contribution in [0.15, 0.2) is 66.7 Å². The molecule has 2 bridgehead atoms. The van der Waals surface area contributed by atoms with Gasteiger partial charge in [0.2, 0.25) is 5.91 Å². The Bertz CT molecular complexity index is 1900. The summed E-state index contributed by atoms with van der Waals surface area (Å²) in [5.74, 6) is 0.408. The fraction of sp³-hybridized carbons (Fsp3) is 0.523. The van der Waals surface area contributed by atoms with Gasteiger partial charge in [-0.3, -0.25) is 19.8 Å². The standard InChI is InChI=1S/C44H61N7O6/c1-25-35-20-31(44(35,3)4)21-36(25)49-42(55)39-38(26(2)53)37(24-52)57-51(39)22-28-14-11-15-34(40(28)56-7)29-17-30(19-32(18-29)48-43(45)46)41(54)47-33(23-50(5)6)16-27-12-9-8-10-13-27/h8-15,17-19,25-26,31,33,35-39,52-53H,16,20-24H2,1-7H3,(H,47,54)(H,49,55)(H4,45,46,48)/t25-,26-,31+,33-,35-,36-,37-,38+,39-/m0/s1. The summed E-state index contributed by atoms with van der Waals surface area (Å²) in [5, 5.41) is 40.2. The minimum Gasteiger partial charge on any atom is -0.496 e. The van der Waals surface area contributed by atoms with Gasteiger partial charge in [-0.1, -0.05) is 69.3 Å². The smallest absolute Gasteiger partial charge is 0.251 e. The van der Waals surface area contributed by atoms with E-state index < -0.39 is 24.2 Å². The first-order valence-electron chi connectivity index (χ1n) is 20.1. The van der Waals surface area contributed by atoms with E-state index in [4.69, 9.17) is 20.7 Å². The van der Waals surface area contributed by atoms with Crippen LogP contribution in [0, 0.1) is 34.5 Å². The summed E-state index contributed by atoms with van der Waals surface area (Å²) >= 11 is 0. The molecule has 0 unspecified atom stereocenters. The van der Waals surface area contributed by atoms with Crippen LogP contribution >= 0.6 is 0 Å². The van der Waals surface area contributed by atoms with Crippen molar-refractivity contribution in [3.8, 4) is 16.9 Å². The zero-order valence-electron chi connectivity index (χ0n) is 34.3. The van der Waals surface area contributed by atoms with Crippen molar-refractivity contribution in [3.63, 3.8) is 0 Å².